The first-order valence-electron chi connectivity index (χ1n) is 4.88. The van der Waals surface area contributed by atoms with Crippen molar-refractivity contribution >= 4 is 23.1 Å². The van der Waals surface area contributed by atoms with Crippen LogP contribution in [0.2, 0.25) is 0 Å². The molecule has 1 aliphatic rings. The second kappa shape index (κ2) is 3.28. The summed E-state index contributed by atoms with van der Waals surface area (Å²) >= 11 is 0. The molecule has 0 spiro atoms. The van der Waals surface area contributed by atoms with Crippen molar-refractivity contribution in [1.29, 1.82) is 0 Å². The zero-order valence-electron chi connectivity index (χ0n) is 8.96. The van der Waals surface area contributed by atoms with Gasteiger partial charge >= 0.3 is 18.1 Å². The number of benzene rings is 1. The Kier molecular flexibility index (Phi) is 2.00. The molecule has 2 bridgehead atoms. The average molecular weight is 272 g/mol. The molecular weight excluding hydrogens is 269 g/mol. The Balaban J connectivity index is 1.91. The molecule has 5 nitrogen and oxygen atoms in total. The van der Waals surface area contributed by atoms with E-state index in [0.717, 1.165) is 0 Å². The number of carbonyl (C=O) groups is 2. The first kappa shape index (κ1) is 11.6. The molecule has 98 valence electrons. The summed E-state index contributed by atoms with van der Waals surface area (Å²) in [4.78, 5) is 22.5. The Bertz CT molecular complexity index is 724. The van der Waals surface area contributed by atoms with Gasteiger partial charge in [-0.05, 0) is 0 Å². The highest BCUT2D eigenvalue weighted by Crippen LogP contribution is 2.49. The van der Waals surface area contributed by atoms with Gasteiger partial charge in [0.05, 0.1) is 0 Å². The van der Waals surface area contributed by atoms with Crippen molar-refractivity contribution in [3.8, 4) is 11.5 Å². The number of ether oxygens (including phenoxy) is 2. The Hall–Kier alpha value is -2.51. The molecular formula is C11H3F3O5. The monoisotopic (exact) mass is 272 g/mol. The van der Waals surface area contributed by atoms with Crippen LogP contribution in [0.1, 0.15) is 10.4 Å². The smallest absolute Gasteiger partial charge is 0.422 e. The number of rotatable bonds is 2. The number of esters is 2. The molecule has 0 atom stereocenters. The number of halogens is 3. The zero-order valence-corrected chi connectivity index (χ0v) is 8.96. The molecule has 2 aromatic heterocycles. The second-order valence-corrected chi connectivity index (χ2v) is 3.77. The maximum atomic E-state index is 12.3. The van der Waals surface area contributed by atoms with Crippen LogP contribution in [0.25, 0.3) is 11.2 Å². The van der Waals surface area contributed by atoms with Crippen LogP contribution >= 0.6 is 0 Å². The summed E-state index contributed by atoms with van der Waals surface area (Å²) in [7, 11) is 0. The van der Waals surface area contributed by atoms with Gasteiger partial charge < -0.3 is 13.9 Å². The minimum Gasteiger partial charge on any atom is -0.448 e. The lowest BCUT2D eigenvalue weighted by molar-refractivity contribution is -0.142. The standard InChI is InChI=1S/C11H3F3O5/c1-3(11(12,13)14)9(15)18-7-5-2-4-6(17-5)8(7)19-10(4)16/h2H,1H2. The summed E-state index contributed by atoms with van der Waals surface area (Å²) in [6.45, 7) is 2.60. The lowest BCUT2D eigenvalue weighted by atomic mass is 10.2. The van der Waals surface area contributed by atoms with E-state index in [4.69, 9.17) is 9.15 Å². The van der Waals surface area contributed by atoms with Gasteiger partial charge in [0.15, 0.2) is 11.2 Å². The largest absolute Gasteiger partial charge is 0.448 e. The van der Waals surface area contributed by atoms with E-state index in [1.54, 1.807) is 0 Å². The molecule has 0 fully saturated rings. The SMILES string of the molecule is C=C(C(=O)Oc1c2c3oc1cc3C(=O)O2)C(F)(F)F. The predicted octanol–water partition coefficient (Wildman–Crippen LogP) is 2.43. The van der Waals surface area contributed by atoms with Crippen LogP contribution in [0.4, 0.5) is 13.2 Å². The third kappa shape index (κ3) is 1.49. The third-order valence-corrected chi connectivity index (χ3v) is 2.57. The molecule has 19 heavy (non-hydrogen) atoms. The van der Waals surface area contributed by atoms with Gasteiger partial charge in [-0.1, -0.05) is 6.58 Å². The van der Waals surface area contributed by atoms with Crippen molar-refractivity contribution in [1.82, 2.24) is 0 Å². The summed E-state index contributed by atoms with van der Waals surface area (Å²) in [5.74, 6) is -2.92. The van der Waals surface area contributed by atoms with E-state index in [-0.39, 0.29) is 28.2 Å². The Morgan fingerprint density at radius 1 is 1.37 bits per heavy atom. The number of hydrogen-bond acceptors (Lipinski definition) is 5. The van der Waals surface area contributed by atoms with Crippen molar-refractivity contribution in [3.05, 3.63) is 23.8 Å². The van der Waals surface area contributed by atoms with E-state index in [1.165, 1.54) is 6.07 Å². The molecule has 0 unspecified atom stereocenters. The minimum absolute atomic E-state index is 0.0332. The van der Waals surface area contributed by atoms with Crippen LogP contribution in [0.15, 0.2) is 22.6 Å². The molecule has 0 N–H and O–H groups in total. The summed E-state index contributed by atoms with van der Waals surface area (Å²) in [6.07, 6.45) is -4.90. The van der Waals surface area contributed by atoms with Crippen molar-refractivity contribution < 1.29 is 36.7 Å². The first-order chi connectivity index (χ1) is 8.79. The lowest BCUT2D eigenvalue weighted by Gasteiger charge is -2.08. The van der Waals surface area contributed by atoms with Crippen LogP contribution in [0, 0.1) is 0 Å². The highest BCUT2D eigenvalue weighted by Gasteiger charge is 2.41. The summed E-state index contributed by atoms with van der Waals surface area (Å²) in [6, 6.07) is 1.23. The molecule has 0 aliphatic carbocycles. The van der Waals surface area contributed by atoms with E-state index in [2.05, 4.69) is 11.3 Å². The summed E-state index contributed by atoms with van der Waals surface area (Å²) < 4.78 is 51.1. The van der Waals surface area contributed by atoms with Gasteiger partial charge in [0.25, 0.3) is 0 Å². The normalized spacial score (nSPS) is 13.9. The van der Waals surface area contributed by atoms with Crippen molar-refractivity contribution in [2.24, 2.45) is 0 Å². The molecule has 8 heteroatoms. The van der Waals surface area contributed by atoms with Crippen LogP contribution in [-0.4, -0.2) is 18.1 Å². The van der Waals surface area contributed by atoms with Crippen LogP contribution in [-0.2, 0) is 4.79 Å². The van der Waals surface area contributed by atoms with Gasteiger partial charge in [-0.15, -0.1) is 0 Å². The van der Waals surface area contributed by atoms with E-state index < -0.39 is 23.7 Å². The van der Waals surface area contributed by atoms with Gasteiger partial charge in [0, 0.05) is 6.07 Å². The van der Waals surface area contributed by atoms with E-state index >= 15 is 0 Å². The van der Waals surface area contributed by atoms with Crippen molar-refractivity contribution in [2.45, 2.75) is 6.18 Å². The van der Waals surface area contributed by atoms with E-state index in [1.807, 2.05) is 0 Å². The van der Waals surface area contributed by atoms with Crippen LogP contribution in [0.5, 0.6) is 11.5 Å². The van der Waals surface area contributed by atoms with Crippen molar-refractivity contribution in [3.63, 3.8) is 0 Å². The molecule has 3 rings (SSSR count). The number of hydrogen-bond donors (Lipinski definition) is 0. The Morgan fingerprint density at radius 3 is 2.68 bits per heavy atom. The molecule has 0 radical (unpaired) electrons. The van der Waals surface area contributed by atoms with Gasteiger partial charge in [-0.2, -0.15) is 13.2 Å². The first-order valence-corrected chi connectivity index (χ1v) is 4.88. The molecule has 0 saturated heterocycles. The maximum absolute atomic E-state index is 12.3. The van der Waals surface area contributed by atoms with Crippen molar-refractivity contribution in [2.75, 3.05) is 0 Å². The van der Waals surface area contributed by atoms with Gasteiger partial charge in [0.2, 0.25) is 11.5 Å². The molecule has 0 saturated carbocycles. The van der Waals surface area contributed by atoms with Gasteiger partial charge in [0.1, 0.15) is 11.1 Å². The average Bonchev–Trinajstić information content (AvgIpc) is 2.91. The fourth-order valence-corrected chi connectivity index (χ4v) is 1.65. The zero-order chi connectivity index (χ0) is 13.9. The molecule has 2 aromatic rings. The summed E-state index contributed by atoms with van der Waals surface area (Å²) in [5.41, 5.74) is -1.49. The Morgan fingerprint density at radius 2 is 2.05 bits per heavy atom. The number of carbonyl (C=O) groups excluding carboxylic acids is 2. The molecule has 1 aliphatic heterocycles. The maximum Gasteiger partial charge on any atom is 0.422 e. The fraction of sp³-hybridized carbons (Fsp3) is 0.0909. The molecule has 0 aromatic carbocycles. The van der Waals surface area contributed by atoms with E-state index in [0.29, 0.717) is 0 Å². The second-order valence-electron chi connectivity index (χ2n) is 3.77. The number of alkyl halides is 3. The van der Waals surface area contributed by atoms with Crippen LogP contribution in [0.3, 0.4) is 0 Å². The fourth-order valence-electron chi connectivity index (χ4n) is 1.65. The lowest BCUT2D eigenvalue weighted by Crippen LogP contribution is -2.23. The quantitative estimate of drug-likeness (QED) is 0.477. The summed E-state index contributed by atoms with van der Waals surface area (Å²) in [5, 5.41) is 0. The number of fused-ring (bicyclic) bond motifs is 1. The van der Waals surface area contributed by atoms with Crippen LogP contribution < -0.4 is 9.47 Å². The minimum atomic E-state index is -4.90. The number of furan rings is 2. The predicted molar refractivity (Wildman–Crippen MR) is 53.2 cm³/mol. The Labute approximate surface area is 102 Å². The molecule has 3 heterocycles. The third-order valence-electron chi connectivity index (χ3n) is 2.57. The highest BCUT2D eigenvalue weighted by atomic mass is 19.4. The van der Waals surface area contributed by atoms with E-state index in [9.17, 15) is 22.8 Å². The van der Waals surface area contributed by atoms with Gasteiger partial charge in [-0.3, -0.25) is 0 Å². The molecule has 0 amide bonds. The topological polar surface area (TPSA) is 65.7 Å². The van der Waals surface area contributed by atoms with Gasteiger partial charge in [-0.25, -0.2) is 9.59 Å². The highest BCUT2D eigenvalue weighted by molar-refractivity contribution is 6.10.